The molecule has 1 atom stereocenters. The lowest BCUT2D eigenvalue weighted by molar-refractivity contribution is -0.153. The average Bonchev–Trinajstić information content (AvgIpc) is 2.75. The van der Waals surface area contributed by atoms with Crippen LogP contribution in [0.4, 0.5) is 0 Å². The van der Waals surface area contributed by atoms with Crippen LogP contribution in [0.5, 0.6) is 5.75 Å². The number of ether oxygens (including phenoxy) is 2. The number of aryl methyl sites for hydroxylation is 1. The SMILES string of the molecule is CCOC(=O)[C@H](O)c1cn(C)c2ccc(OC)cc12. The molecule has 5 nitrogen and oxygen atoms in total. The predicted molar refractivity (Wildman–Crippen MR) is 71.1 cm³/mol. The number of methoxy groups -OCH3 is 1. The maximum atomic E-state index is 11.6. The third-order valence-corrected chi connectivity index (χ3v) is 3.03. The van der Waals surface area contributed by atoms with Crippen LogP contribution in [0.25, 0.3) is 10.9 Å². The van der Waals surface area contributed by atoms with Crippen LogP contribution >= 0.6 is 0 Å². The van der Waals surface area contributed by atoms with E-state index in [2.05, 4.69) is 0 Å². The monoisotopic (exact) mass is 263 g/mol. The zero-order chi connectivity index (χ0) is 14.0. The number of aliphatic hydroxyl groups is 1. The summed E-state index contributed by atoms with van der Waals surface area (Å²) in [5.41, 5.74) is 1.44. The van der Waals surface area contributed by atoms with Gasteiger partial charge in [-0.05, 0) is 25.1 Å². The van der Waals surface area contributed by atoms with Gasteiger partial charge in [0.15, 0.2) is 6.10 Å². The van der Waals surface area contributed by atoms with Crippen molar-refractivity contribution in [3.63, 3.8) is 0 Å². The van der Waals surface area contributed by atoms with Crippen molar-refractivity contribution in [3.05, 3.63) is 30.0 Å². The number of hydrogen-bond acceptors (Lipinski definition) is 4. The number of benzene rings is 1. The molecule has 1 N–H and O–H groups in total. The highest BCUT2D eigenvalue weighted by Crippen LogP contribution is 2.29. The molecule has 0 spiro atoms. The van der Waals surface area contributed by atoms with Gasteiger partial charge in [0.05, 0.1) is 13.7 Å². The van der Waals surface area contributed by atoms with E-state index in [0.717, 1.165) is 10.9 Å². The summed E-state index contributed by atoms with van der Waals surface area (Å²) in [6.45, 7) is 1.95. The first-order chi connectivity index (χ1) is 9.08. The average molecular weight is 263 g/mol. The quantitative estimate of drug-likeness (QED) is 0.854. The molecule has 1 heterocycles. The van der Waals surface area contributed by atoms with Crippen molar-refractivity contribution in [2.75, 3.05) is 13.7 Å². The fourth-order valence-electron chi connectivity index (χ4n) is 2.09. The molecule has 0 fully saturated rings. The van der Waals surface area contributed by atoms with E-state index in [1.165, 1.54) is 0 Å². The Balaban J connectivity index is 2.50. The molecule has 0 unspecified atom stereocenters. The minimum Gasteiger partial charge on any atom is -0.497 e. The number of carbonyl (C=O) groups excluding carboxylic acids is 1. The number of nitrogens with zero attached hydrogens (tertiary/aromatic N) is 1. The second kappa shape index (κ2) is 5.32. The Bertz CT molecular complexity index is 603. The van der Waals surface area contributed by atoms with Crippen molar-refractivity contribution < 1.29 is 19.4 Å². The molecule has 0 bridgehead atoms. The molecule has 2 rings (SSSR count). The summed E-state index contributed by atoms with van der Waals surface area (Å²) in [4.78, 5) is 11.6. The molecule has 0 aliphatic heterocycles. The van der Waals surface area contributed by atoms with Gasteiger partial charge in [-0.2, -0.15) is 0 Å². The maximum Gasteiger partial charge on any atom is 0.339 e. The summed E-state index contributed by atoms with van der Waals surface area (Å²) in [5.74, 6) is 0.0360. The minimum atomic E-state index is -1.28. The summed E-state index contributed by atoms with van der Waals surface area (Å²) >= 11 is 0. The molecule has 0 aliphatic carbocycles. The fourth-order valence-corrected chi connectivity index (χ4v) is 2.09. The van der Waals surface area contributed by atoms with Crippen LogP contribution in [-0.2, 0) is 16.6 Å². The molecule has 5 heteroatoms. The summed E-state index contributed by atoms with van der Waals surface area (Å²) in [5, 5.41) is 10.8. The Hall–Kier alpha value is -2.01. The second-order valence-corrected chi connectivity index (χ2v) is 4.23. The van der Waals surface area contributed by atoms with Crippen molar-refractivity contribution in [1.29, 1.82) is 0 Å². The Morgan fingerprint density at radius 1 is 1.47 bits per heavy atom. The molecule has 2 aromatic rings. The number of carbonyl (C=O) groups is 1. The van der Waals surface area contributed by atoms with Crippen LogP contribution in [-0.4, -0.2) is 29.4 Å². The lowest BCUT2D eigenvalue weighted by atomic mass is 10.1. The number of aliphatic hydroxyl groups excluding tert-OH is 1. The first-order valence-corrected chi connectivity index (χ1v) is 6.06. The topological polar surface area (TPSA) is 60.7 Å². The maximum absolute atomic E-state index is 11.6. The number of hydrogen-bond donors (Lipinski definition) is 1. The first kappa shape index (κ1) is 13.4. The predicted octanol–water partition coefficient (Wildman–Crippen LogP) is 1.78. The van der Waals surface area contributed by atoms with Crippen molar-refractivity contribution >= 4 is 16.9 Å². The van der Waals surface area contributed by atoms with Crippen molar-refractivity contribution in [3.8, 4) is 5.75 Å². The number of aromatic nitrogens is 1. The van der Waals surface area contributed by atoms with Gasteiger partial charge >= 0.3 is 5.97 Å². The standard InChI is InChI=1S/C14H17NO4/c1-4-19-14(17)13(16)11-8-15(2)12-6-5-9(18-3)7-10(11)12/h5-8,13,16H,4H2,1-3H3/t13-/m1/s1. The van der Waals surface area contributed by atoms with E-state index in [1.54, 1.807) is 26.3 Å². The molecule has 0 saturated carbocycles. The second-order valence-electron chi connectivity index (χ2n) is 4.23. The van der Waals surface area contributed by atoms with Crippen molar-refractivity contribution in [2.24, 2.45) is 7.05 Å². The Morgan fingerprint density at radius 3 is 2.84 bits per heavy atom. The first-order valence-electron chi connectivity index (χ1n) is 6.06. The van der Waals surface area contributed by atoms with Gasteiger partial charge in [-0.15, -0.1) is 0 Å². The molecular weight excluding hydrogens is 246 g/mol. The van der Waals surface area contributed by atoms with E-state index in [4.69, 9.17) is 9.47 Å². The van der Waals surface area contributed by atoms with Gasteiger partial charge in [0, 0.05) is 29.7 Å². The van der Waals surface area contributed by atoms with Crippen LogP contribution in [0.1, 0.15) is 18.6 Å². The van der Waals surface area contributed by atoms with Crippen LogP contribution in [0.15, 0.2) is 24.4 Å². The number of esters is 1. The van der Waals surface area contributed by atoms with E-state index >= 15 is 0 Å². The zero-order valence-corrected chi connectivity index (χ0v) is 11.2. The third kappa shape index (κ3) is 2.42. The van der Waals surface area contributed by atoms with Crippen LogP contribution in [0.2, 0.25) is 0 Å². The van der Waals surface area contributed by atoms with Crippen LogP contribution < -0.4 is 4.74 Å². The van der Waals surface area contributed by atoms with Gasteiger partial charge in [0.1, 0.15) is 5.75 Å². The lowest BCUT2D eigenvalue weighted by Crippen LogP contribution is -2.15. The van der Waals surface area contributed by atoms with Crippen LogP contribution in [0, 0.1) is 0 Å². The van der Waals surface area contributed by atoms with Crippen LogP contribution in [0.3, 0.4) is 0 Å². The van der Waals surface area contributed by atoms with Crippen molar-refractivity contribution in [1.82, 2.24) is 4.57 Å². The van der Waals surface area contributed by atoms with Gasteiger partial charge < -0.3 is 19.1 Å². The summed E-state index contributed by atoms with van der Waals surface area (Å²) in [7, 11) is 3.43. The van der Waals surface area contributed by atoms with Gasteiger partial charge in [-0.1, -0.05) is 0 Å². The summed E-state index contributed by atoms with van der Waals surface area (Å²) < 4.78 is 11.9. The highest BCUT2D eigenvalue weighted by atomic mass is 16.5. The van der Waals surface area contributed by atoms with Gasteiger partial charge in [-0.3, -0.25) is 0 Å². The van der Waals surface area contributed by atoms with E-state index < -0.39 is 12.1 Å². The summed E-state index contributed by atoms with van der Waals surface area (Å²) in [6.07, 6.45) is 0.446. The van der Waals surface area contributed by atoms with Gasteiger partial charge in [0.25, 0.3) is 0 Å². The third-order valence-electron chi connectivity index (χ3n) is 3.03. The molecular formula is C14H17NO4. The normalized spacial score (nSPS) is 12.4. The minimum absolute atomic E-state index is 0.240. The molecule has 0 radical (unpaired) electrons. The highest BCUT2D eigenvalue weighted by Gasteiger charge is 2.23. The smallest absolute Gasteiger partial charge is 0.339 e. The molecule has 0 amide bonds. The number of fused-ring (bicyclic) bond motifs is 1. The molecule has 1 aromatic carbocycles. The van der Waals surface area contributed by atoms with Crippen molar-refractivity contribution in [2.45, 2.75) is 13.0 Å². The van der Waals surface area contributed by atoms with E-state index in [-0.39, 0.29) is 6.61 Å². The van der Waals surface area contributed by atoms with Gasteiger partial charge in [0.2, 0.25) is 0 Å². The fraction of sp³-hybridized carbons (Fsp3) is 0.357. The molecule has 19 heavy (non-hydrogen) atoms. The largest absolute Gasteiger partial charge is 0.497 e. The molecule has 1 aromatic heterocycles. The number of rotatable bonds is 4. The van der Waals surface area contributed by atoms with E-state index in [1.807, 2.05) is 23.7 Å². The zero-order valence-electron chi connectivity index (χ0n) is 11.2. The Labute approximate surface area is 111 Å². The lowest BCUT2D eigenvalue weighted by Gasteiger charge is -2.08. The molecule has 0 aliphatic rings. The van der Waals surface area contributed by atoms with E-state index in [9.17, 15) is 9.90 Å². The van der Waals surface area contributed by atoms with Gasteiger partial charge in [-0.25, -0.2) is 4.79 Å². The Morgan fingerprint density at radius 2 is 2.21 bits per heavy atom. The highest BCUT2D eigenvalue weighted by molar-refractivity contribution is 5.90. The summed E-state index contributed by atoms with van der Waals surface area (Å²) in [6, 6.07) is 5.52. The molecule has 102 valence electrons. The van der Waals surface area contributed by atoms with E-state index in [0.29, 0.717) is 11.3 Å². The Kier molecular flexibility index (Phi) is 3.76. The molecule has 0 saturated heterocycles.